The molecular weight excluding hydrogens is 288 g/mol. The summed E-state index contributed by atoms with van der Waals surface area (Å²) in [6.45, 7) is 5.29. The van der Waals surface area contributed by atoms with E-state index in [0.717, 1.165) is 36.6 Å². The normalized spacial score (nSPS) is 13.6. The van der Waals surface area contributed by atoms with Gasteiger partial charge in [-0.15, -0.1) is 0 Å². The van der Waals surface area contributed by atoms with Crippen LogP contribution in [0.3, 0.4) is 0 Å². The zero-order valence-corrected chi connectivity index (χ0v) is 14.0. The second-order valence-electron chi connectivity index (χ2n) is 5.87. The Hall–Kier alpha value is -1.87. The zero-order valence-electron chi connectivity index (χ0n) is 13.2. The molecule has 1 aliphatic heterocycles. The summed E-state index contributed by atoms with van der Waals surface area (Å²) in [5.41, 5.74) is 6.36. The first-order chi connectivity index (χ1) is 10.7. The number of anilines is 2. The van der Waals surface area contributed by atoms with Crippen LogP contribution >= 0.6 is 12.2 Å². The van der Waals surface area contributed by atoms with Gasteiger partial charge in [-0.1, -0.05) is 36.8 Å². The third-order valence-electron chi connectivity index (χ3n) is 4.21. The molecule has 2 aromatic rings. The lowest BCUT2D eigenvalue weighted by Gasteiger charge is -2.32. The van der Waals surface area contributed by atoms with Gasteiger partial charge >= 0.3 is 0 Å². The van der Waals surface area contributed by atoms with Gasteiger partial charge in [-0.25, -0.2) is 0 Å². The van der Waals surface area contributed by atoms with E-state index in [0.29, 0.717) is 0 Å². The molecule has 0 aromatic heterocycles. The average Bonchev–Trinajstić information content (AvgIpc) is 2.54. The maximum atomic E-state index is 5.64. The maximum Gasteiger partial charge on any atom is 0.177 e. The fourth-order valence-corrected chi connectivity index (χ4v) is 3.26. The van der Waals surface area contributed by atoms with Crippen molar-refractivity contribution >= 4 is 28.7 Å². The van der Waals surface area contributed by atoms with Crippen LogP contribution in [0.5, 0.6) is 0 Å². The van der Waals surface area contributed by atoms with Crippen LogP contribution in [0.1, 0.15) is 30.0 Å². The number of fused-ring (bicyclic) bond motifs is 1. The fraction of sp³-hybridized carbons (Fsp3) is 0.316. The third kappa shape index (κ3) is 3.14. The molecule has 22 heavy (non-hydrogen) atoms. The summed E-state index contributed by atoms with van der Waals surface area (Å²) in [6, 6.07) is 15.1. The highest BCUT2D eigenvalue weighted by Gasteiger charge is 2.20. The van der Waals surface area contributed by atoms with Crippen molar-refractivity contribution in [3.8, 4) is 0 Å². The molecule has 3 heteroatoms. The lowest BCUT2D eigenvalue weighted by atomic mass is 10.00. The molecule has 1 aliphatic rings. The van der Waals surface area contributed by atoms with Crippen molar-refractivity contribution in [1.82, 2.24) is 0 Å². The number of nitrogens with zero attached hydrogens (tertiary/aromatic N) is 1. The van der Waals surface area contributed by atoms with Crippen LogP contribution in [0.4, 0.5) is 11.4 Å². The summed E-state index contributed by atoms with van der Waals surface area (Å²) in [5.74, 6) is 0. The number of hydrogen-bond acceptors (Lipinski definition) is 1. The molecule has 0 saturated carbocycles. The minimum absolute atomic E-state index is 0.786. The Balaban J connectivity index is 1.78. The molecule has 0 saturated heterocycles. The first-order valence-electron chi connectivity index (χ1n) is 7.94. The number of benzene rings is 2. The second-order valence-corrected chi connectivity index (χ2v) is 6.25. The minimum Gasteiger partial charge on any atom is -0.332 e. The highest BCUT2D eigenvalue weighted by Crippen LogP contribution is 2.28. The van der Waals surface area contributed by atoms with Crippen molar-refractivity contribution in [3.63, 3.8) is 0 Å². The molecular formula is C19H22N2S. The standard InChI is InChI=1S/C19H22N2S/c1-3-15-7-9-17(10-8-15)20-19(22)21-12-4-5-16-13-14(2)6-11-18(16)21/h6-11,13H,3-5,12H2,1-2H3,(H,20,22). The van der Waals surface area contributed by atoms with Crippen molar-refractivity contribution in [2.45, 2.75) is 33.1 Å². The van der Waals surface area contributed by atoms with Gasteiger partial charge in [-0.2, -0.15) is 0 Å². The van der Waals surface area contributed by atoms with Crippen molar-refractivity contribution in [3.05, 3.63) is 59.2 Å². The van der Waals surface area contributed by atoms with E-state index in [9.17, 15) is 0 Å². The maximum absolute atomic E-state index is 5.64. The van der Waals surface area contributed by atoms with E-state index < -0.39 is 0 Å². The van der Waals surface area contributed by atoms with Gasteiger partial charge in [0.05, 0.1) is 0 Å². The number of thiocarbonyl (C=S) groups is 1. The first-order valence-corrected chi connectivity index (χ1v) is 8.35. The lowest BCUT2D eigenvalue weighted by molar-refractivity contribution is 0.780. The van der Waals surface area contributed by atoms with Crippen LogP contribution in [0, 0.1) is 6.92 Å². The van der Waals surface area contributed by atoms with E-state index in [1.807, 2.05) is 0 Å². The molecule has 1 N–H and O–H groups in total. The summed E-state index contributed by atoms with van der Waals surface area (Å²) in [4.78, 5) is 2.22. The predicted octanol–water partition coefficient (Wildman–Crippen LogP) is 4.71. The van der Waals surface area contributed by atoms with E-state index in [4.69, 9.17) is 12.2 Å². The smallest absolute Gasteiger partial charge is 0.177 e. The molecule has 114 valence electrons. The van der Waals surface area contributed by atoms with E-state index in [-0.39, 0.29) is 0 Å². The minimum atomic E-state index is 0.786. The topological polar surface area (TPSA) is 15.3 Å². The molecule has 0 atom stereocenters. The Labute approximate surface area is 138 Å². The second kappa shape index (κ2) is 6.49. The molecule has 0 radical (unpaired) electrons. The van der Waals surface area contributed by atoms with Gasteiger partial charge in [-0.05, 0) is 67.7 Å². The van der Waals surface area contributed by atoms with Crippen LogP contribution in [-0.4, -0.2) is 11.7 Å². The Morgan fingerprint density at radius 3 is 2.68 bits per heavy atom. The molecule has 2 aromatic carbocycles. The van der Waals surface area contributed by atoms with Gasteiger partial charge < -0.3 is 10.2 Å². The average molecular weight is 310 g/mol. The van der Waals surface area contributed by atoms with Gasteiger partial charge in [0.15, 0.2) is 5.11 Å². The molecule has 0 aliphatic carbocycles. The van der Waals surface area contributed by atoms with Crippen molar-refractivity contribution in [1.29, 1.82) is 0 Å². The fourth-order valence-electron chi connectivity index (χ4n) is 2.95. The highest BCUT2D eigenvalue weighted by molar-refractivity contribution is 7.80. The third-order valence-corrected chi connectivity index (χ3v) is 4.53. The summed E-state index contributed by atoms with van der Waals surface area (Å²) in [5, 5.41) is 4.16. The van der Waals surface area contributed by atoms with Crippen LogP contribution in [0.25, 0.3) is 0 Å². The SMILES string of the molecule is CCc1ccc(NC(=S)N2CCCc3cc(C)ccc32)cc1. The summed E-state index contributed by atoms with van der Waals surface area (Å²) < 4.78 is 0. The van der Waals surface area contributed by atoms with E-state index in [1.54, 1.807) is 0 Å². The van der Waals surface area contributed by atoms with E-state index in [2.05, 4.69) is 66.5 Å². The van der Waals surface area contributed by atoms with Gasteiger partial charge in [-0.3, -0.25) is 0 Å². The van der Waals surface area contributed by atoms with Crippen LogP contribution in [-0.2, 0) is 12.8 Å². The number of aryl methyl sites for hydroxylation is 3. The van der Waals surface area contributed by atoms with Gasteiger partial charge in [0.25, 0.3) is 0 Å². The molecule has 2 nitrogen and oxygen atoms in total. The molecule has 0 fully saturated rings. The Morgan fingerprint density at radius 1 is 1.18 bits per heavy atom. The Morgan fingerprint density at radius 2 is 1.95 bits per heavy atom. The zero-order chi connectivity index (χ0) is 15.5. The predicted molar refractivity (Wildman–Crippen MR) is 98.9 cm³/mol. The largest absolute Gasteiger partial charge is 0.332 e. The molecule has 0 spiro atoms. The van der Waals surface area contributed by atoms with Gasteiger partial charge in [0.1, 0.15) is 0 Å². The first kappa shape index (κ1) is 15.0. The molecule has 0 unspecified atom stereocenters. The highest BCUT2D eigenvalue weighted by atomic mass is 32.1. The molecule has 3 rings (SSSR count). The quantitative estimate of drug-likeness (QED) is 0.809. The van der Waals surface area contributed by atoms with Crippen LogP contribution < -0.4 is 10.2 Å². The van der Waals surface area contributed by atoms with Crippen molar-refractivity contribution < 1.29 is 0 Å². The van der Waals surface area contributed by atoms with Crippen molar-refractivity contribution in [2.75, 3.05) is 16.8 Å². The van der Waals surface area contributed by atoms with Crippen LogP contribution in [0.2, 0.25) is 0 Å². The van der Waals surface area contributed by atoms with E-state index in [1.165, 1.54) is 22.4 Å². The molecule has 0 amide bonds. The summed E-state index contributed by atoms with van der Waals surface area (Å²) in [7, 11) is 0. The summed E-state index contributed by atoms with van der Waals surface area (Å²) >= 11 is 5.64. The number of rotatable bonds is 2. The van der Waals surface area contributed by atoms with E-state index >= 15 is 0 Å². The Kier molecular flexibility index (Phi) is 4.44. The van der Waals surface area contributed by atoms with Crippen LogP contribution in [0.15, 0.2) is 42.5 Å². The van der Waals surface area contributed by atoms with Gasteiger partial charge in [0.2, 0.25) is 0 Å². The number of nitrogens with one attached hydrogen (secondary N) is 1. The number of hydrogen-bond donors (Lipinski definition) is 1. The molecule has 0 bridgehead atoms. The Bertz CT molecular complexity index is 676. The lowest BCUT2D eigenvalue weighted by Crippen LogP contribution is -2.38. The molecule has 1 heterocycles. The monoisotopic (exact) mass is 310 g/mol. The summed E-state index contributed by atoms with van der Waals surface area (Å²) in [6.07, 6.45) is 3.35. The van der Waals surface area contributed by atoms with Gasteiger partial charge in [0, 0.05) is 17.9 Å². The van der Waals surface area contributed by atoms with Crippen molar-refractivity contribution in [2.24, 2.45) is 0 Å².